The van der Waals surface area contributed by atoms with Crippen LogP contribution >= 0.6 is 11.3 Å². The normalized spacial score (nSPS) is 17.2. The molecule has 2 aromatic rings. The monoisotopic (exact) mass is 331 g/mol. The van der Waals surface area contributed by atoms with Crippen molar-refractivity contribution in [2.45, 2.75) is 18.9 Å². The van der Waals surface area contributed by atoms with Crippen molar-refractivity contribution >= 4 is 23.2 Å². The Morgan fingerprint density at radius 1 is 1.30 bits per heavy atom. The largest absolute Gasteiger partial charge is 0.482 e. The lowest BCUT2D eigenvalue weighted by molar-refractivity contribution is -0.139. The summed E-state index contributed by atoms with van der Waals surface area (Å²) in [6, 6.07) is 10.9. The molecule has 23 heavy (non-hydrogen) atoms. The summed E-state index contributed by atoms with van der Waals surface area (Å²) in [5, 5.41) is 10.7. The Hall–Kier alpha value is -2.34. The number of carboxylic acids is 1. The van der Waals surface area contributed by atoms with Gasteiger partial charge in [-0.25, -0.2) is 4.79 Å². The molecule has 1 aliphatic rings. The van der Waals surface area contributed by atoms with Crippen molar-refractivity contribution in [2.75, 3.05) is 13.2 Å². The number of nitrogens with zero attached hydrogens (tertiary/aromatic N) is 1. The number of aliphatic carboxylic acids is 1. The zero-order valence-electron chi connectivity index (χ0n) is 12.5. The van der Waals surface area contributed by atoms with Crippen molar-refractivity contribution in [3.63, 3.8) is 0 Å². The Morgan fingerprint density at radius 2 is 2.17 bits per heavy atom. The van der Waals surface area contributed by atoms with Gasteiger partial charge in [0.2, 0.25) is 0 Å². The van der Waals surface area contributed by atoms with E-state index in [4.69, 9.17) is 9.84 Å². The molecule has 5 nitrogen and oxygen atoms in total. The number of carbonyl (C=O) groups is 2. The third kappa shape index (κ3) is 3.53. The van der Waals surface area contributed by atoms with Gasteiger partial charge < -0.3 is 14.7 Å². The van der Waals surface area contributed by atoms with E-state index >= 15 is 0 Å². The van der Waals surface area contributed by atoms with E-state index in [1.165, 1.54) is 4.88 Å². The number of rotatable bonds is 5. The molecule has 1 unspecified atom stereocenters. The molecule has 1 aromatic carbocycles. The van der Waals surface area contributed by atoms with E-state index in [0.29, 0.717) is 11.3 Å². The fourth-order valence-electron chi connectivity index (χ4n) is 2.82. The van der Waals surface area contributed by atoms with Crippen LogP contribution in [0, 0.1) is 0 Å². The summed E-state index contributed by atoms with van der Waals surface area (Å²) in [4.78, 5) is 26.5. The van der Waals surface area contributed by atoms with Gasteiger partial charge in [0.1, 0.15) is 5.75 Å². The summed E-state index contributed by atoms with van der Waals surface area (Å²) in [5.74, 6) is -0.689. The molecule has 0 bridgehead atoms. The molecule has 0 spiro atoms. The molecule has 1 fully saturated rings. The summed E-state index contributed by atoms with van der Waals surface area (Å²) in [6.45, 7) is 0.320. The topological polar surface area (TPSA) is 66.8 Å². The Kier molecular flexibility index (Phi) is 4.62. The van der Waals surface area contributed by atoms with Crippen LogP contribution < -0.4 is 4.74 Å². The number of hydrogen-bond donors (Lipinski definition) is 1. The highest BCUT2D eigenvalue weighted by atomic mass is 32.1. The molecule has 1 aliphatic heterocycles. The smallest absolute Gasteiger partial charge is 0.341 e. The molecule has 1 N–H and O–H groups in total. The van der Waals surface area contributed by atoms with E-state index in [0.717, 1.165) is 19.4 Å². The first-order valence-corrected chi connectivity index (χ1v) is 8.32. The van der Waals surface area contributed by atoms with Gasteiger partial charge in [0.25, 0.3) is 5.91 Å². The second kappa shape index (κ2) is 6.83. The van der Waals surface area contributed by atoms with Gasteiger partial charge in [0, 0.05) is 17.0 Å². The maximum atomic E-state index is 12.8. The van der Waals surface area contributed by atoms with E-state index in [9.17, 15) is 9.59 Å². The number of thiophene rings is 1. The molecular formula is C17H17NO4S. The van der Waals surface area contributed by atoms with Crippen molar-refractivity contribution in [3.8, 4) is 5.75 Å². The first-order chi connectivity index (χ1) is 11.1. The molecule has 0 aliphatic carbocycles. The van der Waals surface area contributed by atoms with Crippen LogP contribution in [0.15, 0.2) is 41.8 Å². The number of ether oxygens (including phenoxy) is 1. The van der Waals surface area contributed by atoms with Crippen LogP contribution in [-0.4, -0.2) is 35.0 Å². The molecule has 1 atom stereocenters. The van der Waals surface area contributed by atoms with Crippen molar-refractivity contribution in [1.29, 1.82) is 0 Å². The third-order valence-electron chi connectivity index (χ3n) is 3.83. The highest BCUT2D eigenvalue weighted by Gasteiger charge is 2.31. The average Bonchev–Trinajstić information content (AvgIpc) is 3.23. The molecule has 1 aromatic heterocycles. The fourth-order valence-corrected chi connectivity index (χ4v) is 3.69. The minimum absolute atomic E-state index is 0.0401. The minimum atomic E-state index is -1.04. The number of carboxylic acid groups (broad SMARTS) is 1. The van der Waals surface area contributed by atoms with Crippen LogP contribution in [0.3, 0.4) is 0 Å². The predicted molar refractivity (Wildman–Crippen MR) is 86.9 cm³/mol. The maximum absolute atomic E-state index is 12.8. The lowest BCUT2D eigenvalue weighted by Gasteiger charge is -2.24. The molecule has 2 heterocycles. The Balaban J connectivity index is 1.77. The van der Waals surface area contributed by atoms with Gasteiger partial charge in [-0.2, -0.15) is 0 Å². The molecular weight excluding hydrogens is 314 g/mol. The predicted octanol–water partition coefficient (Wildman–Crippen LogP) is 3.19. The lowest BCUT2D eigenvalue weighted by Crippen LogP contribution is -2.30. The first-order valence-electron chi connectivity index (χ1n) is 7.44. The van der Waals surface area contributed by atoms with Crippen LogP contribution in [0.5, 0.6) is 5.75 Å². The van der Waals surface area contributed by atoms with E-state index in [1.807, 2.05) is 16.3 Å². The second-order valence-corrected chi connectivity index (χ2v) is 6.36. The Labute approximate surface area is 138 Å². The summed E-state index contributed by atoms with van der Waals surface area (Å²) in [7, 11) is 0. The molecule has 0 saturated carbocycles. The fraction of sp³-hybridized carbons (Fsp3) is 0.294. The van der Waals surface area contributed by atoms with Crippen molar-refractivity contribution in [3.05, 3.63) is 52.2 Å². The van der Waals surface area contributed by atoms with Crippen molar-refractivity contribution in [2.24, 2.45) is 0 Å². The summed E-state index contributed by atoms with van der Waals surface area (Å²) < 4.78 is 5.15. The number of hydrogen-bond acceptors (Lipinski definition) is 4. The van der Waals surface area contributed by atoms with Gasteiger partial charge >= 0.3 is 5.97 Å². The summed E-state index contributed by atoms with van der Waals surface area (Å²) in [6.07, 6.45) is 1.96. The Bertz CT molecular complexity index is 698. The van der Waals surface area contributed by atoms with Crippen LogP contribution in [0.25, 0.3) is 0 Å². The molecule has 120 valence electrons. The average molecular weight is 331 g/mol. The summed E-state index contributed by atoms with van der Waals surface area (Å²) in [5.41, 5.74) is 0.524. The van der Waals surface area contributed by atoms with Crippen LogP contribution in [-0.2, 0) is 4.79 Å². The van der Waals surface area contributed by atoms with E-state index < -0.39 is 12.6 Å². The van der Waals surface area contributed by atoms with Gasteiger partial charge in [-0.1, -0.05) is 12.1 Å². The molecule has 0 radical (unpaired) electrons. The van der Waals surface area contributed by atoms with Gasteiger partial charge in [-0.05, 0) is 42.5 Å². The lowest BCUT2D eigenvalue weighted by atomic mass is 10.1. The van der Waals surface area contributed by atoms with Crippen LogP contribution in [0.2, 0.25) is 0 Å². The SMILES string of the molecule is O=C(O)COc1cccc(C(=O)N2CCCC2c2cccs2)c1. The highest BCUT2D eigenvalue weighted by Crippen LogP contribution is 2.35. The molecule has 3 rings (SSSR count). The molecule has 6 heteroatoms. The maximum Gasteiger partial charge on any atom is 0.341 e. The molecule has 1 amide bonds. The van der Waals surface area contributed by atoms with E-state index in [2.05, 4.69) is 6.07 Å². The van der Waals surface area contributed by atoms with Crippen molar-refractivity contribution in [1.82, 2.24) is 4.90 Å². The van der Waals surface area contributed by atoms with Crippen LogP contribution in [0.4, 0.5) is 0 Å². The van der Waals surface area contributed by atoms with Gasteiger partial charge in [-0.3, -0.25) is 4.79 Å². The number of likely N-dealkylation sites (tertiary alicyclic amines) is 1. The van der Waals surface area contributed by atoms with Gasteiger partial charge in [0.05, 0.1) is 6.04 Å². The number of carbonyl (C=O) groups excluding carboxylic acids is 1. The standard InChI is InChI=1S/C17H17NO4S/c19-16(20)11-22-13-5-1-4-12(10-13)17(21)18-8-2-6-14(18)15-7-3-9-23-15/h1,3-5,7,9-10,14H,2,6,8,11H2,(H,19,20). The second-order valence-electron chi connectivity index (χ2n) is 5.38. The highest BCUT2D eigenvalue weighted by molar-refractivity contribution is 7.10. The first kappa shape index (κ1) is 15.6. The van der Waals surface area contributed by atoms with Gasteiger partial charge in [-0.15, -0.1) is 11.3 Å². The number of benzene rings is 1. The van der Waals surface area contributed by atoms with Gasteiger partial charge in [0.15, 0.2) is 6.61 Å². The molecule has 1 saturated heterocycles. The van der Waals surface area contributed by atoms with E-state index in [1.54, 1.807) is 35.6 Å². The van der Waals surface area contributed by atoms with E-state index in [-0.39, 0.29) is 11.9 Å². The number of amides is 1. The third-order valence-corrected chi connectivity index (χ3v) is 4.80. The van der Waals surface area contributed by atoms with Crippen LogP contribution in [0.1, 0.15) is 34.1 Å². The zero-order chi connectivity index (χ0) is 16.2. The summed E-state index contributed by atoms with van der Waals surface area (Å²) >= 11 is 1.67. The zero-order valence-corrected chi connectivity index (χ0v) is 13.3. The Morgan fingerprint density at radius 3 is 2.91 bits per heavy atom. The quantitative estimate of drug-likeness (QED) is 0.914. The van der Waals surface area contributed by atoms with Crippen molar-refractivity contribution < 1.29 is 19.4 Å². The minimum Gasteiger partial charge on any atom is -0.482 e.